The lowest BCUT2D eigenvalue weighted by atomic mass is 9.88. The zero-order chi connectivity index (χ0) is 34.8. The van der Waals surface area contributed by atoms with E-state index in [-0.39, 0.29) is 0 Å². The molecule has 0 unspecified atom stereocenters. The fraction of sp³-hybridized carbons (Fsp3) is 0.0417. The average molecular weight is 667 g/mol. The van der Waals surface area contributed by atoms with Crippen LogP contribution in [0.2, 0.25) is 0 Å². The van der Waals surface area contributed by atoms with Crippen molar-refractivity contribution in [3.8, 4) is 0 Å². The third kappa shape index (κ3) is 4.61. The molecule has 8 aromatic carbocycles. The number of nitrogens with zero attached hydrogens (tertiary/aromatic N) is 4. The SMILES string of the molecule is Cc1cc2c(N(c3ccccn3)c3cccc4ccccc34)cc(C)c3ccc4c(N(c5ccccn5)c5cccc6ccccc56)ccc1c4c32. The molecule has 0 fully saturated rings. The number of rotatable bonds is 6. The predicted octanol–water partition coefficient (Wildman–Crippen LogP) is 13.2. The molecule has 10 aromatic rings. The molecule has 0 N–H and O–H groups in total. The van der Waals surface area contributed by atoms with Crippen LogP contribution in [0.5, 0.6) is 0 Å². The van der Waals surface area contributed by atoms with E-state index in [1.165, 1.54) is 65.0 Å². The Kier molecular flexibility index (Phi) is 6.90. The molecule has 0 atom stereocenters. The predicted molar refractivity (Wildman–Crippen MR) is 220 cm³/mol. The summed E-state index contributed by atoms with van der Waals surface area (Å²) in [6.45, 7) is 4.48. The summed E-state index contributed by atoms with van der Waals surface area (Å²) in [4.78, 5) is 14.5. The quantitative estimate of drug-likeness (QED) is 0.165. The minimum absolute atomic E-state index is 0.875. The molecule has 0 bridgehead atoms. The first kappa shape index (κ1) is 30.1. The first-order valence-corrected chi connectivity index (χ1v) is 17.8. The molecule has 0 aliphatic heterocycles. The molecular formula is C48H34N4. The molecule has 4 heteroatoms. The van der Waals surface area contributed by atoms with Crippen molar-refractivity contribution in [1.82, 2.24) is 9.97 Å². The number of anilines is 6. The van der Waals surface area contributed by atoms with Crippen LogP contribution in [0.25, 0.3) is 53.9 Å². The summed E-state index contributed by atoms with van der Waals surface area (Å²) in [6, 6.07) is 56.5. The van der Waals surface area contributed by atoms with Gasteiger partial charge in [-0.2, -0.15) is 0 Å². The molecule has 0 aliphatic carbocycles. The van der Waals surface area contributed by atoms with Crippen molar-refractivity contribution in [3.63, 3.8) is 0 Å². The number of aromatic nitrogens is 2. The molecule has 2 aromatic heterocycles. The molecule has 0 amide bonds. The number of benzene rings is 8. The number of hydrogen-bond donors (Lipinski definition) is 0. The van der Waals surface area contributed by atoms with Gasteiger partial charge in [0.15, 0.2) is 0 Å². The van der Waals surface area contributed by atoms with Crippen molar-refractivity contribution in [2.45, 2.75) is 13.8 Å². The van der Waals surface area contributed by atoms with Gasteiger partial charge in [0, 0.05) is 33.9 Å². The van der Waals surface area contributed by atoms with Crippen LogP contribution in [0.15, 0.2) is 170 Å². The number of pyridine rings is 2. The highest BCUT2D eigenvalue weighted by Crippen LogP contribution is 2.50. The number of aryl methyl sites for hydroxylation is 2. The Bertz CT molecular complexity index is 2920. The lowest BCUT2D eigenvalue weighted by Gasteiger charge is -2.30. The van der Waals surface area contributed by atoms with Crippen LogP contribution in [0.4, 0.5) is 34.4 Å². The van der Waals surface area contributed by atoms with Gasteiger partial charge in [-0.05, 0) is 112 Å². The Morgan fingerprint density at radius 2 is 0.808 bits per heavy atom. The highest BCUT2D eigenvalue weighted by Gasteiger charge is 2.25. The van der Waals surface area contributed by atoms with Gasteiger partial charge in [0.1, 0.15) is 11.6 Å². The third-order valence-electron chi connectivity index (χ3n) is 10.5. The minimum Gasteiger partial charge on any atom is -0.294 e. The maximum atomic E-state index is 4.94. The summed E-state index contributed by atoms with van der Waals surface area (Å²) in [7, 11) is 0. The molecule has 2 heterocycles. The van der Waals surface area contributed by atoms with Crippen LogP contribution in [-0.4, -0.2) is 9.97 Å². The van der Waals surface area contributed by atoms with Gasteiger partial charge in [-0.1, -0.05) is 103 Å². The lowest BCUT2D eigenvalue weighted by Crippen LogP contribution is -2.13. The van der Waals surface area contributed by atoms with E-state index in [0.29, 0.717) is 0 Å². The zero-order valence-electron chi connectivity index (χ0n) is 29.0. The molecule has 52 heavy (non-hydrogen) atoms. The van der Waals surface area contributed by atoms with Crippen molar-refractivity contribution in [2.24, 2.45) is 0 Å². The van der Waals surface area contributed by atoms with E-state index in [9.17, 15) is 0 Å². The van der Waals surface area contributed by atoms with Gasteiger partial charge in [0.25, 0.3) is 0 Å². The van der Waals surface area contributed by atoms with Crippen LogP contribution >= 0.6 is 0 Å². The van der Waals surface area contributed by atoms with E-state index >= 15 is 0 Å². The average Bonchev–Trinajstić information content (AvgIpc) is 3.20. The summed E-state index contributed by atoms with van der Waals surface area (Å²) < 4.78 is 0. The number of hydrogen-bond acceptors (Lipinski definition) is 4. The maximum Gasteiger partial charge on any atom is 0.137 e. The molecule has 0 aliphatic rings. The van der Waals surface area contributed by atoms with Crippen LogP contribution in [0.1, 0.15) is 11.1 Å². The topological polar surface area (TPSA) is 32.3 Å². The second-order valence-corrected chi connectivity index (χ2v) is 13.5. The van der Waals surface area contributed by atoms with E-state index in [4.69, 9.17) is 9.97 Å². The summed E-state index contributed by atoms with van der Waals surface area (Å²) in [5, 5.41) is 12.1. The number of fused-ring (bicyclic) bond motifs is 2. The zero-order valence-corrected chi connectivity index (χ0v) is 29.0. The summed E-state index contributed by atoms with van der Waals surface area (Å²) in [5.74, 6) is 1.75. The smallest absolute Gasteiger partial charge is 0.137 e. The molecule has 0 saturated carbocycles. The van der Waals surface area contributed by atoms with Gasteiger partial charge in [0.2, 0.25) is 0 Å². The Morgan fingerprint density at radius 1 is 0.346 bits per heavy atom. The van der Waals surface area contributed by atoms with E-state index < -0.39 is 0 Å². The van der Waals surface area contributed by atoms with Gasteiger partial charge in [-0.25, -0.2) is 9.97 Å². The summed E-state index contributed by atoms with van der Waals surface area (Å²) >= 11 is 0. The molecule has 0 radical (unpaired) electrons. The fourth-order valence-electron chi connectivity index (χ4n) is 8.21. The highest BCUT2D eigenvalue weighted by atomic mass is 15.2. The van der Waals surface area contributed by atoms with Gasteiger partial charge in [-0.3, -0.25) is 9.80 Å². The highest BCUT2D eigenvalue weighted by molar-refractivity contribution is 6.29. The standard InChI is InChI=1S/C48H34N4/c1-31-29-40-44(52(46-22-8-10-28-50-46)42-20-12-16-34-14-4-6-18-38(34)42)30-32(2)35-23-24-39-43(26-25-36(31)47(39)48(35)40)51(45-21-7-9-27-49-45)41-19-11-15-33-13-3-5-17-37(33)41/h3-30H,1-2H3. The van der Waals surface area contributed by atoms with E-state index in [0.717, 1.165) is 34.4 Å². The monoisotopic (exact) mass is 666 g/mol. The Morgan fingerprint density at radius 3 is 1.40 bits per heavy atom. The van der Waals surface area contributed by atoms with Crippen molar-refractivity contribution in [1.29, 1.82) is 0 Å². The molecule has 10 rings (SSSR count). The largest absolute Gasteiger partial charge is 0.294 e. The van der Waals surface area contributed by atoms with Crippen LogP contribution < -0.4 is 9.80 Å². The third-order valence-corrected chi connectivity index (χ3v) is 10.5. The first-order chi connectivity index (χ1) is 25.7. The van der Waals surface area contributed by atoms with Crippen LogP contribution in [-0.2, 0) is 0 Å². The van der Waals surface area contributed by atoms with Crippen molar-refractivity contribution >= 4 is 88.2 Å². The van der Waals surface area contributed by atoms with E-state index in [1.54, 1.807) is 0 Å². The van der Waals surface area contributed by atoms with Crippen molar-refractivity contribution in [2.75, 3.05) is 9.80 Å². The molecule has 4 nitrogen and oxygen atoms in total. The van der Waals surface area contributed by atoms with E-state index in [2.05, 4.69) is 169 Å². The fourth-order valence-corrected chi connectivity index (χ4v) is 8.21. The van der Waals surface area contributed by atoms with Crippen LogP contribution in [0.3, 0.4) is 0 Å². The minimum atomic E-state index is 0.875. The van der Waals surface area contributed by atoms with E-state index in [1.807, 2.05) is 24.5 Å². The molecule has 246 valence electrons. The summed E-state index contributed by atoms with van der Waals surface area (Å²) in [5.41, 5.74) is 6.85. The molecule has 0 saturated heterocycles. The second kappa shape index (κ2) is 11.9. The summed E-state index contributed by atoms with van der Waals surface area (Å²) in [6.07, 6.45) is 3.76. The first-order valence-electron chi connectivity index (χ1n) is 17.8. The molecule has 0 spiro atoms. The van der Waals surface area contributed by atoms with Gasteiger partial charge < -0.3 is 0 Å². The van der Waals surface area contributed by atoms with Crippen LogP contribution in [0, 0.1) is 13.8 Å². The Balaban J connectivity index is 1.31. The van der Waals surface area contributed by atoms with Crippen molar-refractivity contribution < 1.29 is 0 Å². The van der Waals surface area contributed by atoms with Gasteiger partial charge >= 0.3 is 0 Å². The van der Waals surface area contributed by atoms with Gasteiger partial charge in [-0.15, -0.1) is 0 Å². The lowest BCUT2D eigenvalue weighted by molar-refractivity contribution is 1.19. The Labute approximate surface area is 302 Å². The normalized spacial score (nSPS) is 11.7. The second-order valence-electron chi connectivity index (χ2n) is 13.5. The Hall–Kier alpha value is -6.78. The van der Waals surface area contributed by atoms with Crippen molar-refractivity contribution in [3.05, 3.63) is 181 Å². The van der Waals surface area contributed by atoms with Gasteiger partial charge in [0.05, 0.1) is 22.7 Å². The molecular weight excluding hydrogens is 633 g/mol. The maximum absolute atomic E-state index is 4.94.